The quantitative estimate of drug-likeness (QED) is 0.710. The number of hydrogen-bond donors (Lipinski definition) is 1. The molecule has 0 radical (unpaired) electrons. The Labute approximate surface area is 127 Å². The first-order valence-electron chi connectivity index (χ1n) is 6.99. The lowest BCUT2D eigenvalue weighted by Crippen LogP contribution is -1.95. The molecule has 0 bridgehead atoms. The van der Waals surface area contributed by atoms with Crippen molar-refractivity contribution in [3.8, 4) is 5.69 Å². The predicted molar refractivity (Wildman–Crippen MR) is 83.5 cm³/mol. The molecule has 0 aliphatic carbocycles. The van der Waals surface area contributed by atoms with Gasteiger partial charge in [-0.3, -0.25) is 5.10 Å². The molecule has 5 nitrogen and oxygen atoms in total. The molecule has 1 N–H and O–H groups in total. The van der Waals surface area contributed by atoms with E-state index in [1.807, 2.05) is 47.3 Å². The van der Waals surface area contributed by atoms with Gasteiger partial charge in [0, 0.05) is 18.4 Å². The number of aryl methyl sites for hydroxylation is 1. The van der Waals surface area contributed by atoms with Gasteiger partial charge < -0.3 is 0 Å². The third-order valence-electron chi connectivity index (χ3n) is 3.01. The summed E-state index contributed by atoms with van der Waals surface area (Å²) in [4.78, 5) is 4.44. The lowest BCUT2D eigenvalue weighted by atomic mass is 10.3. The van der Waals surface area contributed by atoms with Crippen LogP contribution in [-0.4, -0.2) is 25.0 Å². The fourth-order valence-corrected chi connectivity index (χ4v) is 2.71. The van der Waals surface area contributed by atoms with Gasteiger partial charge in [-0.1, -0.05) is 36.9 Å². The lowest BCUT2D eigenvalue weighted by molar-refractivity contribution is 0.840. The van der Waals surface area contributed by atoms with Crippen LogP contribution in [0.15, 0.2) is 47.8 Å². The normalized spacial score (nSPS) is 10.9. The minimum absolute atomic E-state index is 0.767. The summed E-state index contributed by atoms with van der Waals surface area (Å²) < 4.78 is 1.89. The molecule has 0 amide bonds. The second kappa shape index (κ2) is 6.58. The van der Waals surface area contributed by atoms with Crippen molar-refractivity contribution in [2.75, 3.05) is 0 Å². The van der Waals surface area contributed by atoms with Crippen LogP contribution in [-0.2, 0) is 12.2 Å². The molecule has 0 aliphatic heterocycles. The Morgan fingerprint density at radius 1 is 1.19 bits per heavy atom. The standard InChI is InChI=1S/C15H17N5S/c1-2-6-14-16-15(18-17-14)21-11-12-9-10-20(19-12)13-7-4-3-5-8-13/h3-5,7-10H,2,6,11H2,1H3,(H,16,17,18). The molecule has 2 heterocycles. The van der Waals surface area contributed by atoms with Crippen LogP contribution in [0.25, 0.3) is 5.69 Å². The molecule has 0 atom stereocenters. The van der Waals surface area contributed by atoms with E-state index in [-0.39, 0.29) is 0 Å². The largest absolute Gasteiger partial charge is 0.262 e. The van der Waals surface area contributed by atoms with Gasteiger partial charge in [0.25, 0.3) is 0 Å². The molecule has 3 aromatic rings. The Balaban J connectivity index is 1.62. The molecule has 0 fully saturated rings. The molecular formula is C15H17N5S. The zero-order chi connectivity index (χ0) is 14.5. The van der Waals surface area contributed by atoms with E-state index in [9.17, 15) is 0 Å². The van der Waals surface area contributed by atoms with E-state index in [1.54, 1.807) is 11.8 Å². The summed E-state index contributed by atoms with van der Waals surface area (Å²) in [6, 6.07) is 12.1. The Kier molecular flexibility index (Phi) is 4.35. The monoisotopic (exact) mass is 299 g/mol. The van der Waals surface area contributed by atoms with Crippen LogP contribution in [0, 0.1) is 0 Å². The second-order valence-corrected chi connectivity index (χ2v) is 5.63. The van der Waals surface area contributed by atoms with Gasteiger partial charge in [0.1, 0.15) is 5.82 Å². The number of thioether (sulfide) groups is 1. The number of H-pyrrole nitrogens is 1. The SMILES string of the molecule is CCCc1nc(SCc2ccn(-c3ccccc3)n2)n[nH]1. The molecule has 1 aromatic carbocycles. The van der Waals surface area contributed by atoms with E-state index < -0.39 is 0 Å². The first-order chi connectivity index (χ1) is 10.3. The summed E-state index contributed by atoms with van der Waals surface area (Å²) in [5, 5.41) is 12.5. The van der Waals surface area contributed by atoms with Crippen molar-refractivity contribution in [1.29, 1.82) is 0 Å². The number of aromatic nitrogens is 5. The van der Waals surface area contributed by atoms with Crippen LogP contribution in [0.5, 0.6) is 0 Å². The van der Waals surface area contributed by atoms with Crippen LogP contribution in [0.4, 0.5) is 0 Å². The Morgan fingerprint density at radius 3 is 2.86 bits per heavy atom. The fourth-order valence-electron chi connectivity index (χ4n) is 1.99. The first kappa shape index (κ1) is 13.9. The summed E-state index contributed by atoms with van der Waals surface area (Å²) in [5.74, 6) is 1.72. The smallest absolute Gasteiger partial charge is 0.208 e. The summed E-state index contributed by atoms with van der Waals surface area (Å²) in [7, 11) is 0. The van der Waals surface area contributed by atoms with Crippen molar-refractivity contribution >= 4 is 11.8 Å². The summed E-state index contributed by atoms with van der Waals surface area (Å²) in [6.07, 6.45) is 3.99. The first-order valence-corrected chi connectivity index (χ1v) is 7.98. The number of nitrogens with zero attached hydrogens (tertiary/aromatic N) is 4. The van der Waals surface area contributed by atoms with Crippen LogP contribution < -0.4 is 0 Å². The molecule has 0 saturated heterocycles. The van der Waals surface area contributed by atoms with Crippen molar-refractivity contribution in [3.63, 3.8) is 0 Å². The summed E-state index contributed by atoms with van der Waals surface area (Å²) in [5.41, 5.74) is 2.09. The molecular weight excluding hydrogens is 282 g/mol. The van der Waals surface area contributed by atoms with E-state index >= 15 is 0 Å². The van der Waals surface area contributed by atoms with Gasteiger partial charge in [-0.25, -0.2) is 9.67 Å². The molecule has 6 heteroatoms. The van der Waals surface area contributed by atoms with Gasteiger partial charge in [-0.15, -0.1) is 5.10 Å². The number of benzene rings is 1. The number of nitrogens with one attached hydrogen (secondary N) is 1. The molecule has 0 saturated carbocycles. The molecule has 21 heavy (non-hydrogen) atoms. The van der Waals surface area contributed by atoms with Crippen LogP contribution >= 0.6 is 11.8 Å². The van der Waals surface area contributed by atoms with Crippen molar-refractivity contribution in [1.82, 2.24) is 25.0 Å². The van der Waals surface area contributed by atoms with Crippen LogP contribution in [0.2, 0.25) is 0 Å². The van der Waals surface area contributed by atoms with Crippen molar-refractivity contribution in [2.45, 2.75) is 30.7 Å². The van der Waals surface area contributed by atoms with Gasteiger partial charge in [-0.05, 0) is 24.6 Å². The van der Waals surface area contributed by atoms with Crippen molar-refractivity contribution in [2.24, 2.45) is 0 Å². The predicted octanol–water partition coefficient (Wildman–Crippen LogP) is 3.24. The zero-order valence-electron chi connectivity index (χ0n) is 11.9. The average Bonchev–Trinajstić information content (AvgIpc) is 3.16. The highest BCUT2D eigenvalue weighted by Crippen LogP contribution is 2.18. The van der Waals surface area contributed by atoms with E-state index in [0.29, 0.717) is 0 Å². The summed E-state index contributed by atoms with van der Waals surface area (Å²) in [6.45, 7) is 2.13. The Bertz CT molecular complexity index is 689. The second-order valence-electron chi connectivity index (χ2n) is 4.69. The summed E-state index contributed by atoms with van der Waals surface area (Å²) >= 11 is 1.60. The van der Waals surface area contributed by atoms with E-state index in [1.165, 1.54) is 0 Å². The van der Waals surface area contributed by atoms with Gasteiger partial charge in [0.05, 0.1) is 11.4 Å². The minimum atomic E-state index is 0.767. The maximum atomic E-state index is 4.57. The van der Waals surface area contributed by atoms with E-state index in [2.05, 4.69) is 27.2 Å². The average molecular weight is 299 g/mol. The fraction of sp³-hybridized carbons (Fsp3) is 0.267. The van der Waals surface area contributed by atoms with Gasteiger partial charge in [0.2, 0.25) is 5.16 Å². The minimum Gasteiger partial charge on any atom is -0.262 e. The molecule has 2 aromatic heterocycles. The Hall–Kier alpha value is -2.08. The highest BCUT2D eigenvalue weighted by Gasteiger charge is 2.06. The highest BCUT2D eigenvalue weighted by atomic mass is 32.2. The maximum absolute atomic E-state index is 4.57. The molecule has 108 valence electrons. The van der Waals surface area contributed by atoms with E-state index in [4.69, 9.17) is 0 Å². The number of para-hydroxylation sites is 1. The van der Waals surface area contributed by atoms with Gasteiger partial charge in [-0.2, -0.15) is 5.10 Å². The third kappa shape index (κ3) is 3.52. The molecule has 3 rings (SSSR count). The number of rotatable bonds is 6. The van der Waals surface area contributed by atoms with Crippen molar-refractivity contribution < 1.29 is 0 Å². The molecule has 0 unspecified atom stereocenters. The van der Waals surface area contributed by atoms with Crippen molar-refractivity contribution in [3.05, 3.63) is 54.1 Å². The van der Waals surface area contributed by atoms with Crippen LogP contribution in [0.3, 0.4) is 0 Å². The van der Waals surface area contributed by atoms with E-state index in [0.717, 1.165) is 41.0 Å². The Morgan fingerprint density at radius 2 is 2.05 bits per heavy atom. The highest BCUT2D eigenvalue weighted by molar-refractivity contribution is 7.98. The zero-order valence-corrected chi connectivity index (χ0v) is 12.7. The van der Waals surface area contributed by atoms with Gasteiger partial charge in [0.15, 0.2) is 0 Å². The molecule has 0 aliphatic rings. The van der Waals surface area contributed by atoms with Gasteiger partial charge >= 0.3 is 0 Å². The molecule has 0 spiro atoms. The number of hydrogen-bond acceptors (Lipinski definition) is 4. The maximum Gasteiger partial charge on any atom is 0.208 e. The topological polar surface area (TPSA) is 59.4 Å². The lowest BCUT2D eigenvalue weighted by Gasteiger charge is -1.99. The number of aromatic amines is 1. The third-order valence-corrected chi connectivity index (χ3v) is 3.89. The van der Waals surface area contributed by atoms with Crippen LogP contribution in [0.1, 0.15) is 24.9 Å².